The first-order valence-corrected chi connectivity index (χ1v) is 10.4. The molecule has 0 N–H and O–H groups in total. The van der Waals surface area contributed by atoms with Crippen molar-refractivity contribution in [3.8, 4) is 5.82 Å². The van der Waals surface area contributed by atoms with Crippen molar-refractivity contribution in [2.75, 3.05) is 18.1 Å². The molecule has 138 valence electrons. The maximum absolute atomic E-state index is 13.2. The Morgan fingerprint density at radius 2 is 2.19 bits per heavy atom. The highest BCUT2D eigenvalue weighted by Gasteiger charge is 2.35. The Bertz CT molecular complexity index is 932. The maximum atomic E-state index is 13.2. The van der Waals surface area contributed by atoms with Gasteiger partial charge < -0.3 is 9.47 Å². The number of rotatable bonds is 5. The van der Waals surface area contributed by atoms with E-state index in [-0.39, 0.29) is 23.5 Å². The summed E-state index contributed by atoms with van der Waals surface area (Å²) < 4.78 is 25.6. The summed E-state index contributed by atoms with van der Waals surface area (Å²) >= 11 is 0. The van der Waals surface area contributed by atoms with Gasteiger partial charge >= 0.3 is 0 Å². The molecule has 0 aromatic carbocycles. The first-order valence-electron chi connectivity index (χ1n) is 8.56. The van der Waals surface area contributed by atoms with Crippen molar-refractivity contribution < 1.29 is 13.2 Å². The summed E-state index contributed by atoms with van der Waals surface area (Å²) in [7, 11) is -3.07. The van der Waals surface area contributed by atoms with Gasteiger partial charge in [-0.3, -0.25) is 4.79 Å². The fourth-order valence-electron chi connectivity index (χ4n) is 3.53. The third-order valence-corrected chi connectivity index (χ3v) is 6.53. The molecule has 0 spiro atoms. The van der Waals surface area contributed by atoms with Gasteiger partial charge in [-0.1, -0.05) is 12.1 Å². The summed E-state index contributed by atoms with van der Waals surface area (Å²) in [5.41, 5.74) is 2.27. The molecule has 0 radical (unpaired) electrons. The molecule has 26 heavy (non-hydrogen) atoms. The highest BCUT2D eigenvalue weighted by molar-refractivity contribution is 7.91. The van der Waals surface area contributed by atoms with E-state index in [1.165, 1.54) is 0 Å². The highest BCUT2D eigenvalue weighted by atomic mass is 32.2. The van der Waals surface area contributed by atoms with Crippen LogP contribution >= 0.6 is 0 Å². The summed E-state index contributed by atoms with van der Waals surface area (Å²) in [6, 6.07) is 7.17. The van der Waals surface area contributed by atoms with E-state index in [0.717, 1.165) is 17.2 Å². The maximum Gasteiger partial charge on any atom is 0.256 e. The Labute approximate surface area is 154 Å². The lowest BCUT2D eigenvalue weighted by Gasteiger charge is -2.27. The molecule has 1 saturated heterocycles. The van der Waals surface area contributed by atoms with E-state index in [1.54, 1.807) is 17.2 Å². The molecule has 1 aliphatic rings. The Balaban J connectivity index is 1.97. The number of hydrogen-bond donors (Lipinski definition) is 0. The standard InChI is InChI=1S/C19H23N3O3S/c1-4-10-21(16-8-11-26(24,25)13-16)19(23)17-12-14(2)22(15(17)3)18-7-5-6-9-20-18/h4-7,9,12,16H,1,8,10-11,13H2,2-3H3/t16-/m0/s1. The first-order chi connectivity index (χ1) is 12.3. The van der Waals surface area contributed by atoms with E-state index in [4.69, 9.17) is 0 Å². The van der Waals surface area contributed by atoms with Crippen molar-refractivity contribution in [1.29, 1.82) is 0 Å². The lowest BCUT2D eigenvalue weighted by Crippen LogP contribution is -2.41. The van der Waals surface area contributed by atoms with Gasteiger partial charge in [-0.05, 0) is 38.5 Å². The van der Waals surface area contributed by atoms with Crippen molar-refractivity contribution >= 4 is 15.7 Å². The molecule has 1 amide bonds. The molecule has 7 heteroatoms. The summed E-state index contributed by atoms with van der Waals surface area (Å²) in [5, 5.41) is 0. The Hall–Kier alpha value is -2.41. The van der Waals surface area contributed by atoms with Crippen LogP contribution in [0.5, 0.6) is 0 Å². The van der Waals surface area contributed by atoms with Gasteiger partial charge in [0.25, 0.3) is 5.91 Å². The van der Waals surface area contributed by atoms with Crippen LogP contribution in [0.3, 0.4) is 0 Å². The lowest BCUT2D eigenvalue weighted by molar-refractivity contribution is 0.0720. The number of carbonyl (C=O) groups excluding carboxylic acids is 1. The Morgan fingerprint density at radius 1 is 1.42 bits per heavy atom. The third kappa shape index (κ3) is 3.44. The minimum atomic E-state index is -3.07. The van der Waals surface area contributed by atoms with E-state index in [9.17, 15) is 13.2 Å². The second kappa shape index (κ2) is 7.07. The molecule has 3 heterocycles. The number of hydrogen-bond acceptors (Lipinski definition) is 4. The number of sulfone groups is 1. The number of pyridine rings is 1. The summed E-state index contributed by atoms with van der Waals surface area (Å²) in [6.07, 6.45) is 3.82. The number of nitrogens with zero attached hydrogens (tertiary/aromatic N) is 3. The second-order valence-corrected chi connectivity index (χ2v) is 8.84. The topological polar surface area (TPSA) is 72.3 Å². The molecule has 6 nitrogen and oxygen atoms in total. The Morgan fingerprint density at radius 3 is 2.77 bits per heavy atom. The van der Waals surface area contributed by atoms with Gasteiger partial charge in [0.2, 0.25) is 0 Å². The van der Waals surface area contributed by atoms with Crippen molar-refractivity contribution in [3.05, 3.63) is 60.1 Å². The van der Waals surface area contributed by atoms with Gasteiger partial charge in [-0.25, -0.2) is 13.4 Å². The van der Waals surface area contributed by atoms with Gasteiger partial charge in [0.05, 0.1) is 17.1 Å². The third-order valence-electron chi connectivity index (χ3n) is 4.78. The average molecular weight is 373 g/mol. The molecule has 3 rings (SSSR count). The SMILES string of the molecule is C=CCN(C(=O)c1cc(C)n(-c2ccccn2)c1C)[C@H]1CCS(=O)(=O)C1. The minimum absolute atomic E-state index is 0.0194. The zero-order valence-electron chi connectivity index (χ0n) is 15.1. The van der Waals surface area contributed by atoms with Crippen LogP contribution in [0.2, 0.25) is 0 Å². The van der Waals surface area contributed by atoms with Gasteiger partial charge in [-0.2, -0.15) is 0 Å². The fraction of sp³-hybridized carbons (Fsp3) is 0.368. The Kier molecular flexibility index (Phi) is 5.00. The number of aryl methyl sites for hydroxylation is 1. The average Bonchev–Trinajstić information content (AvgIpc) is 3.11. The molecule has 1 atom stereocenters. The number of amides is 1. The largest absolute Gasteiger partial charge is 0.331 e. The monoisotopic (exact) mass is 373 g/mol. The molecule has 1 fully saturated rings. The molecular weight excluding hydrogens is 350 g/mol. The lowest BCUT2D eigenvalue weighted by atomic mass is 10.1. The van der Waals surface area contributed by atoms with Crippen LogP contribution in [0.1, 0.15) is 28.2 Å². The summed E-state index contributed by atoms with van der Waals surface area (Å²) in [4.78, 5) is 19.2. The van der Waals surface area contributed by atoms with Crippen LogP contribution in [0.4, 0.5) is 0 Å². The van der Waals surface area contributed by atoms with Gasteiger partial charge in [0, 0.05) is 30.2 Å². The van der Waals surface area contributed by atoms with Crippen molar-refractivity contribution in [2.45, 2.75) is 26.3 Å². The molecule has 2 aromatic heterocycles. The van der Waals surface area contributed by atoms with E-state index >= 15 is 0 Å². The van der Waals surface area contributed by atoms with Crippen LogP contribution in [-0.2, 0) is 9.84 Å². The molecule has 0 saturated carbocycles. The predicted octanol–water partition coefficient (Wildman–Crippen LogP) is 2.30. The van der Waals surface area contributed by atoms with Crippen LogP contribution < -0.4 is 0 Å². The molecule has 0 aliphatic carbocycles. The van der Waals surface area contributed by atoms with E-state index in [1.807, 2.05) is 42.7 Å². The summed E-state index contributed by atoms with van der Waals surface area (Å²) in [6.45, 7) is 7.85. The molecule has 0 unspecified atom stereocenters. The van der Waals surface area contributed by atoms with Crippen LogP contribution in [0, 0.1) is 13.8 Å². The molecule has 1 aliphatic heterocycles. The van der Waals surface area contributed by atoms with Gasteiger partial charge in [0.1, 0.15) is 5.82 Å². The van der Waals surface area contributed by atoms with Crippen LogP contribution in [0.25, 0.3) is 5.82 Å². The van der Waals surface area contributed by atoms with Gasteiger partial charge in [-0.15, -0.1) is 6.58 Å². The fourth-order valence-corrected chi connectivity index (χ4v) is 5.26. The van der Waals surface area contributed by atoms with E-state index in [0.29, 0.717) is 18.5 Å². The highest BCUT2D eigenvalue weighted by Crippen LogP contribution is 2.24. The summed E-state index contributed by atoms with van der Waals surface area (Å²) in [5.74, 6) is 0.736. The first kappa shape index (κ1) is 18.4. The van der Waals surface area contributed by atoms with Crippen molar-refractivity contribution in [1.82, 2.24) is 14.5 Å². The van der Waals surface area contributed by atoms with Crippen LogP contribution in [-0.4, -0.2) is 52.9 Å². The van der Waals surface area contributed by atoms with Crippen molar-refractivity contribution in [3.63, 3.8) is 0 Å². The number of aromatic nitrogens is 2. The normalized spacial score (nSPS) is 18.6. The minimum Gasteiger partial charge on any atom is -0.331 e. The van der Waals surface area contributed by atoms with E-state index in [2.05, 4.69) is 11.6 Å². The molecule has 2 aromatic rings. The zero-order chi connectivity index (χ0) is 18.9. The van der Waals surface area contributed by atoms with Crippen molar-refractivity contribution in [2.24, 2.45) is 0 Å². The van der Waals surface area contributed by atoms with E-state index < -0.39 is 9.84 Å². The predicted molar refractivity (Wildman–Crippen MR) is 101 cm³/mol. The number of carbonyl (C=O) groups is 1. The van der Waals surface area contributed by atoms with Crippen LogP contribution in [0.15, 0.2) is 43.1 Å². The zero-order valence-corrected chi connectivity index (χ0v) is 15.9. The molecule has 0 bridgehead atoms. The second-order valence-electron chi connectivity index (χ2n) is 6.61. The molecular formula is C19H23N3O3S. The quantitative estimate of drug-likeness (QED) is 0.754. The smallest absolute Gasteiger partial charge is 0.256 e. The van der Waals surface area contributed by atoms with Gasteiger partial charge in [0.15, 0.2) is 9.84 Å².